The predicted octanol–water partition coefficient (Wildman–Crippen LogP) is 3.89. The molecule has 0 fully saturated rings. The zero-order chi connectivity index (χ0) is 13.8. The fraction of sp³-hybridized carbons (Fsp3) is 0.267. The van der Waals surface area contributed by atoms with Gasteiger partial charge in [0, 0.05) is 11.9 Å². The van der Waals surface area contributed by atoms with Crippen molar-refractivity contribution in [3.05, 3.63) is 58.9 Å². The minimum atomic E-state index is -2.78. The van der Waals surface area contributed by atoms with Gasteiger partial charge in [-0.05, 0) is 55.2 Å². The Bertz CT molecular complexity index is 532. The lowest BCUT2D eigenvalue weighted by molar-refractivity contribution is -0.0498. The van der Waals surface area contributed by atoms with Crippen molar-refractivity contribution < 1.29 is 13.5 Å². The van der Waals surface area contributed by atoms with Crippen LogP contribution in [0.1, 0.15) is 22.4 Å². The Morgan fingerprint density at radius 3 is 2.37 bits per heavy atom. The van der Waals surface area contributed by atoms with Gasteiger partial charge in [0.2, 0.25) is 0 Å². The van der Waals surface area contributed by atoms with Crippen LogP contribution in [0.5, 0.6) is 5.75 Å². The van der Waals surface area contributed by atoms with Crippen molar-refractivity contribution in [1.82, 2.24) is 4.98 Å². The average molecular weight is 263 g/mol. The molecular formula is C15H15F2NO. The zero-order valence-electron chi connectivity index (χ0n) is 10.9. The first kappa shape index (κ1) is 13.5. The van der Waals surface area contributed by atoms with Gasteiger partial charge in [-0.25, -0.2) is 0 Å². The molecule has 0 radical (unpaired) electrons. The lowest BCUT2D eigenvalue weighted by atomic mass is 10.00. The van der Waals surface area contributed by atoms with E-state index in [2.05, 4.69) is 9.72 Å². The fourth-order valence-electron chi connectivity index (χ4n) is 1.98. The smallest absolute Gasteiger partial charge is 0.387 e. The second-order valence-corrected chi connectivity index (χ2v) is 4.39. The van der Waals surface area contributed by atoms with Gasteiger partial charge in [-0.3, -0.25) is 4.98 Å². The van der Waals surface area contributed by atoms with Crippen molar-refractivity contribution in [3.63, 3.8) is 0 Å². The molecule has 4 heteroatoms. The highest BCUT2D eigenvalue weighted by atomic mass is 19.3. The van der Waals surface area contributed by atoms with E-state index in [1.807, 2.05) is 19.9 Å². The van der Waals surface area contributed by atoms with E-state index >= 15 is 0 Å². The predicted molar refractivity (Wildman–Crippen MR) is 69.6 cm³/mol. The van der Waals surface area contributed by atoms with Gasteiger partial charge in [-0.1, -0.05) is 12.1 Å². The largest absolute Gasteiger partial charge is 0.435 e. The van der Waals surface area contributed by atoms with Crippen molar-refractivity contribution in [2.45, 2.75) is 26.9 Å². The Morgan fingerprint density at radius 2 is 1.79 bits per heavy atom. The van der Waals surface area contributed by atoms with Crippen LogP contribution in [0.2, 0.25) is 0 Å². The monoisotopic (exact) mass is 263 g/mol. The summed E-state index contributed by atoms with van der Waals surface area (Å²) < 4.78 is 28.4. The van der Waals surface area contributed by atoms with Crippen LogP contribution in [0.15, 0.2) is 36.5 Å². The number of benzene rings is 1. The number of pyridine rings is 1. The van der Waals surface area contributed by atoms with Gasteiger partial charge < -0.3 is 4.74 Å². The summed E-state index contributed by atoms with van der Waals surface area (Å²) in [6.45, 7) is 1.23. The Kier molecular flexibility index (Phi) is 4.10. The van der Waals surface area contributed by atoms with E-state index in [0.29, 0.717) is 0 Å². The number of alkyl halides is 2. The summed E-state index contributed by atoms with van der Waals surface area (Å²) in [5.74, 6) is 0.179. The topological polar surface area (TPSA) is 22.1 Å². The first-order chi connectivity index (χ1) is 9.06. The third-order valence-electron chi connectivity index (χ3n) is 3.03. The standard InChI is InChI=1S/C15H15F2NO/c1-10-7-8-18-11(2)14(10)9-12-3-5-13(6-4-12)19-15(16)17/h3-8,15H,9H2,1-2H3. The number of nitrogens with zero attached hydrogens (tertiary/aromatic N) is 1. The van der Waals surface area contributed by atoms with Crippen LogP contribution in [0.25, 0.3) is 0 Å². The molecule has 0 spiro atoms. The van der Waals surface area contributed by atoms with Crippen LogP contribution in [-0.4, -0.2) is 11.6 Å². The summed E-state index contributed by atoms with van der Waals surface area (Å²) in [4.78, 5) is 4.27. The Morgan fingerprint density at radius 1 is 1.11 bits per heavy atom. The molecule has 0 N–H and O–H groups in total. The van der Waals surface area contributed by atoms with Crippen molar-refractivity contribution in [2.75, 3.05) is 0 Å². The van der Waals surface area contributed by atoms with Gasteiger partial charge in [0.15, 0.2) is 0 Å². The molecule has 2 nitrogen and oxygen atoms in total. The molecular weight excluding hydrogens is 248 g/mol. The van der Waals surface area contributed by atoms with E-state index in [-0.39, 0.29) is 5.75 Å². The minimum absolute atomic E-state index is 0.179. The number of hydrogen-bond acceptors (Lipinski definition) is 2. The summed E-state index contributed by atoms with van der Waals surface area (Å²) in [5.41, 5.74) is 4.39. The average Bonchev–Trinajstić information content (AvgIpc) is 2.35. The maximum atomic E-state index is 12.0. The molecule has 0 saturated heterocycles. The summed E-state index contributed by atoms with van der Waals surface area (Å²) in [5, 5.41) is 0. The summed E-state index contributed by atoms with van der Waals surface area (Å²) in [6.07, 6.45) is 2.52. The molecule has 0 unspecified atom stereocenters. The summed E-state index contributed by atoms with van der Waals surface area (Å²) >= 11 is 0. The zero-order valence-corrected chi connectivity index (χ0v) is 10.9. The van der Waals surface area contributed by atoms with Gasteiger partial charge in [0.25, 0.3) is 0 Å². The lowest BCUT2D eigenvalue weighted by Crippen LogP contribution is -2.02. The van der Waals surface area contributed by atoms with Crippen LogP contribution in [0.3, 0.4) is 0 Å². The highest BCUT2D eigenvalue weighted by Gasteiger charge is 2.06. The van der Waals surface area contributed by atoms with Gasteiger partial charge >= 0.3 is 6.61 Å². The van der Waals surface area contributed by atoms with Crippen molar-refractivity contribution in [1.29, 1.82) is 0 Å². The fourth-order valence-corrected chi connectivity index (χ4v) is 1.98. The Labute approximate surface area is 111 Å². The van der Waals surface area contributed by atoms with Crippen LogP contribution in [-0.2, 0) is 6.42 Å². The van der Waals surface area contributed by atoms with E-state index in [0.717, 1.165) is 17.7 Å². The molecule has 0 aliphatic carbocycles. The summed E-state index contributed by atoms with van der Waals surface area (Å²) in [6, 6.07) is 8.68. The second-order valence-electron chi connectivity index (χ2n) is 4.39. The maximum Gasteiger partial charge on any atom is 0.387 e. The van der Waals surface area contributed by atoms with Crippen molar-refractivity contribution in [2.24, 2.45) is 0 Å². The number of aryl methyl sites for hydroxylation is 2. The van der Waals surface area contributed by atoms with E-state index in [4.69, 9.17) is 0 Å². The van der Waals surface area contributed by atoms with Crippen LogP contribution >= 0.6 is 0 Å². The van der Waals surface area contributed by atoms with Gasteiger partial charge in [-0.15, -0.1) is 0 Å². The van der Waals surface area contributed by atoms with Crippen LogP contribution < -0.4 is 4.74 Å². The molecule has 2 aromatic rings. The molecule has 1 heterocycles. The molecule has 1 aromatic carbocycles. The Hall–Kier alpha value is -1.97. The van der Waals surface area contributed by atoms with Gasteiger partial charge in [0.1, 0.15) is 5.75 Å². The molecule has 0 bridgehead atoms. The molecule has 0 aliphatic rings. The van der Waals surface area contributed by atoms with E-state index in [1.54, 1.807) is 30.5 Å². The number of hydrogen-bond donors (Lipinski definition) is 0. The molecule has 0 saturated carbocycles. The molecule has 19 heavy (non-hydrogen) atoms. The molecule has 0 aliphatic heterocycles. The third kappa shape index (κ3) is 3.50. The van der Waals surface area contributed by atoms with Crippen LogP contribution in [0.4, 0.5) is 8.78 Å². The Balaban J connectivity index is 2.15. The molecule has 0 amide bonds. The second kappa shape index (κ2) is 5.78. The lowest BCUT2D eigenvalue weighted by Gasteiger charge is -2.09. The number of aromatic nitrogens is 1. The van der Waals surface area contributed by atoms with Gasteiger partial charge in [-0.2, -0.15) is 8.78 Å². The van der Waals surface area contributed by atoms with Crippen LogP contribution in [0, 0.1) is 13.8 Å². The number of halogens is 2. The quantitative estimate of drug-likeness (QED) is 0.834. The molecule has 1 aromatic heterocycles. The maximum absolute atomic E-state index is 12.0. The third-order valence-corrected chi connectivity index (χ3v) is 3.03. The van der Waals surface area contributed by atoms with E-state index in [9.17, 15) is 8.78 Å². The molecule has 0 atom stereocenters. The van der Waals surface area contributed by atoms with E-state index in [1.165, 1.54) is 11.1 Å². The highest BCUT2D eigenvalue weighted by Crippen LogP contribution is 2.19. The number of ether oxygens (including phenoxy) is 1. The normalized spacial score (nSPS) is 10.8. The van der Waals surface area contributed by atoms with Crippen molar-refractivity contribution in [3.8, 4) is 5.75 Å². The van der Waals surface area contributed by atoms with E-state index < -0.39 is 6.61 Å². The van der Waals surface area contributed by atoms with Crippen molar-refractivity contribution >= 4 is 0 Å². The highest BCUT2D eigenvalue weighted by molar-refractivity contribution is 5.36. The first-order valence-corrected chi connectivity index (χ1v) is 6.01. The summed E-state index contributed by atoms with van der Waals surface area (Å²) in [7, 11) is 0. The molecule has 100 valence electrons. The SMILES string of the molecule is Cc1ccnc(C)c1Cc1ccc(OC(F)F)cc1. The minimum Gasteiger partial charge on any atom is -0.435 e. The molecule has 2 rings (SSSR count). The first-order valence-electron chi connectivity index (χ1n) is 6.01. The number of rotatable bonds is 4. The van der Waals surface area contributed by atoms with Gasteiger partial charge in [0.05, 0.1) is 0 Å².